The monoisotopic (exact) mass is 593 g/mol. The molecule has 0 atom stereocenters. The number of halogens is 5. The van der Waals surface area contributed by atoms with Crippen molar-refractivity contribution < 1.29 is 45.7 Å². The number of fused-ring (bicyclic) bond motifs is 3. The van der Waals surface area contributed by atoms with Gasteiger partial charge in [0, 0.05) is 41.7 Å². The molecular formula is C29H28F5N3O5. The van der Waals surface area contributed by atoms with E-state index in [-0.39, 0.29) is 25.3 Å². The summed E-state index contributed by atoms with van der Waals surface area (Å²) in [6, 6.07) is 8.54. The number of carbonyl (C=O) groups is 1. The summed E-state index contributed by atoms with van der Waals surface area (Å²) >= 11 is 0. The topological polar surface area (TPSA) is 91.8 Å². The Bertz CT molecular complexity index is 1510. The van der Waals surface area contributed by atoms with Gasteiger partial charge in [0.1, 0.15) is 6.61 Å². The summed E-state index contributed by atoms with van der Waals surface area (Å²) in [6.45, 7) is 3.54. The maximum Gasteiger partial charge on any atom is 0.573 e. The summed E-state index contributed by atoms with van der Waals surface area (Å²) < 4.78 is 84.4. The second kappa shape index (κ2) is 14.2. The number of rotatable bonds is 14. The summed E-state index contributed by atoms with van der Waals surface area (Å²) in [5.74, 6) is -4.37. The molecule has 2 aromatic carbocycles. The van der Waals surface area contributed by atoms with Crippen LogP contribution in [0.5, 0.6) is 11.6 Å². The fourth-order valence-corrected chi connectivity index (χ4v) is 4.18. The van der Waals surface area contributed by atoms with Crippen molar-refractivity contribution in [1.82, 2.24) is 15.3 Å². The SMILES string of the molecule is CCOC(=O)c1ccc2c(c1)nc(OCCOCCCCNCc1cc(F)c(OC(F)(F)F)c(F)c1)c1ccncc12. The van der Waals surface area contributed by atoms with Crippen LogP contribution in [0.2, 0.25) is 0 Å². The number of benzene rings is 2. The lowest BCUT2D eigenvalue weighted by molar-refractivity contribution is -0.276. The smallest absolute Gasteiger partial charge is 0.475 e. The minimum absolute atomic E-state index is 0.0678. The Morgan fingerprint density at radius 1 is 0.952 bits per heavy atom. The molecule has 1 N–H and O–H groups in total. The quantitative estimate of drug-likeness (QED) is 0.0812. The van der Waals surface area contributed by atoms with Crippen LogP contribution < -0.4 is 14.8 Å². The Morgan fingerprint density at radius 2 is 1.74 bits per heavy atom. The molecule has 0 bridgehead atoms. The van der Waals surface area contributed by atoms with Crippen LogP contribution in [-0.2, 0) is 16.0 Å². The minimum Gasteiger partial charge on any atom is -0.475 e. The van der Waals surface area contributed by atoms with E-state index in [0.29, 0.717) is 49.6 Å². The molecular weight excluding hydrogens is 565 g/mol. The second-order valence-electron chi connectivity index (χ2n) is 9.07. The molecule has 4 aromatic rings. The maximum absolute atomic E-state index is 13.8. The molecule has 2 aromatic heterocycles. The van der Waals surface area contributed by atoms with E-state index in [1.165, 1.54) is 0 Å². The molecule has 0 saturated heterocycles. The molecule has 0 aliphatic heterocycles. The predicted molar refractivity (Wildman–Crippen MR) is 143 cm³/mol. The van der Waals surface area contributed by atoms with Gasteiger partial charge in [-0.2, -0.15) is 0 Å². The first kappa shape index (κ1) is 30.8. The van der Waals surface area contributed by atoms with E-state index < -0.39 is 29.7 Å². The highest BCUT2D eigenvalue weighted by molar-refractivity contribution is 6.08. The van der Waals surface area contributed by atoms with Gasteiger partial charge in [0.2, 0.25) is 11.6 Å². The van der Waals surface area contributed by atoms with Gasteiger partial charge in [-0.05, 0) is 62.2 Å². The average Bonchev–Trinajstić information content (AvgIpc) is 2.95. The number of esters is 1. The first-order chi connectivity index (χ1) is 20.2. The molecule has 0 spiro atoms. The van der Waals surface area contributed by atoms with Crippen LogP contribution in [0, 0.1) is 11.6 Å². The minimum atomic E-state index is -5.19. The lowest BCUT2D eigenvalue weighted by atomic mass is 10.1. The number of nitrogens with one attached hydrogen (secondary N) is 1. The number of unbranched alkanes of at least 4 members (excludes halogenated alkanes) is 1. The van der Waals surface area contributed by atoms with Crippen molar-refractivity contribution in [3.05, 3.63) is 71.6 Å². The first-order valence-corrected chi connectivity index (χ1v) is 13.2. The van der Waals surface area contributed by atoms with Crippen molar-refractivity contribution in [3.63, 3.8) is 0 Å². The molecule has 0 radical (unpaired) electrons. The van der Waals surface area contributed by atoms with Crippen LogP contribution in [0.25, 0.3) is 21.7 Å². The van der Waals surface area contributed by atoms with Crippen molar-refractivity contribution in [2.45, 2.75) is 32.7 Å². The Labute approximate surface area is 237 Å². The van der Waals surface area contributed by atoms with Crippen LogP contribution in [0.3, 0.4) is 0 Å². The molecule has 2 heterocycles. The largest absolute Gasteiger partial charge is 0.573 e. The Morgan fingerprint density at radius 3 is 2.48 bits per heavy atom. The van der Waals surface area contributed by atoms with Gasteiger partial charge in [-0.15, -0.1) is 13.2 Å². The van der Waals surface area contributed by atoms with E-state index in [0.717, 1.165) is 28.3 Å². The molecule has 13 heteroatoms. The van der Waals surface area contributed by atoms with Gasteiger partial charge in [-0.1, -0.05) is 6.07 Å². The Hall–Kier alpha value is -4.10. The van der Waals surface area contributed by atoms with E-state index in [4.69, 9.17) is 14.2 Å². The number of carbonyl (C=O) groups excluding carboxylic acids is 1. The second-order valence-corrected chi connectivity index (χ2v) is 9.07. The van der Waals surface area contributed by atoms with Crippen molar-refractivity contribution in [2.75, 3.05) is 33.0 Å². The van der Waals surface area contributed by atoms with Gasteiger partial charge in [0.15, 0.2) is 11.6 Å². The van der Waals surface area contributed by atoms with Gasteiger partial charge < -0.3 is 24.3 Å². The third-order valence-corrected chi connectivity index (χ3v) is 6.04. The average molecular weight is 594 g/mol. The van der Waals surface area contributed by atoms with Crippen LogP contribution in [-0.4, -0.2) is 55.3 Å². The van der Waals surface area contributed by atoms with E-state index in [1.807, 2.05) is 0 Å². The van der Waals surface area contributed by atoms with E-state index in [9.17, 15) is 26.7 Å². The first-order valence-electron chi connectivity index (χ1n) is 13.2. The fraction of sp³-hybridized carbons (Fsp3) is 0.345. The molecule has 224 valence electrons. The third-order valence-electron chi connectivity index (χ3n) is 6.04. The molecule has 42 heavy (non-hydrogen) atoms. The molecule has 0 amide bonds. The highest BCUT2D eigenvalue weighted by Gasteiger charge is 2.34. The standard InChI is InChI=1S/C29H28F5N3O5/c1-2-40-28(38)19-5-6-20-22-17-36-9-7-21(22)27(37-25(20)15-19)41-12-11-39-10-4-3-8-35-16-18-13-23(30)26(24(31)14-18)42-29(32,33)34/h5-7,9,13-15,17,35H,2-4,8,10-12,16H2,1H3. The Balaban J connectivity index is 1.20. The van der Waals surface area contributed by atoms with Crippen molar-refractivity contribution in [1.29, 1.82) is 0 Å². The van der Waals surface area contributed by atoms with Crippen molar-refractivity contribution in [3.8, 4) is 11.6 Å². The number of alkyl halides is 3. The summed E-state index contributed by atoms with van der Waals surface area (Å²) in [5, 5.41) is 5.41. The molecule has 8 nitrogen and oxygen atoms in total. The molecule has 0 saturated carbocycles. The van der Waals surface area contributed by atoms with Crippen LogP contribution in [0.1, 0.15) is 35.7 Å². The van der Waals surface area contributed by atoms with Crippen molar-refractivity contribution >= 4 is 27.6 Å². The van der Waals surface area contributed by atoms with E-state index >= 15 is 0 Å². The van der Waals surface area contributed by atoms with Gasteiger partial charge in [0.25, 0.3) is 0 Å². The highest BCUT2D eigenvalue weighted by atomic mass is 19.4. The molecule has 0 unspecified atom stereocenters. The van der Waals surface area contributed by atoms with E-state index in [2.05, 4.69) is 20.0 Å². The number of ether oxygens (including phenoxy) is 4. The number of hydrogen-bond acceptors (Lipinski definition) is 8. The number of nitrogens with zero attached hydrogens (tertiary/aromatic N) is 2. The van der Waals surface area contributed by atoms with Crippen LogP contribution in [0.15, 0.2) is 48.8 Å². The number of pyridine rings is 2. The maximum atomic E-state index is 13.8. The Kier molecular flexibility index (Phi) is 10.4. The van der Waals surface area contributed by atoms with Crippen LogP contribution in [0.4, 0.5) is 22.0 Å². The fourth-order valence-electron chi connectivity index (χ4n) is 4.18. The number of aromatic nitrogens is 2. The zero-order chi connectivity index (χ0) is 30.1. The summed E-state index contributed by atoms with van der Waals surface area (Å²) in [5.41, 5.74) is 1.10. The zero-order valence-electron chi connectivity index (χ0n) is 22.6. The van der Waals surface area contributed by atoms with Gasteiger partial charge in [-0.3, -0.25) is 4.98 Å². The summed E-state index contributed by atoms with van der Waals surface area (Å²) in [4.78, 5) is 21.0. The van der Waals surface area contributed by atoms with Gasteiger partial charge >= 0.3 is 12.3 Å². The number of hydrogen-bond donors (Lipinski definition) is 1. The third kappa shape index (κ3) is 8.23. The summed E-state index contributed by atoms with van der Waals surface area (Å²) in [7, 11) is 0. The van der Waals surface area contributed by atoms with E-state index in [1.54, 1.807) is 43.6 Å². The van der Waals surface area contributed by atoms with Crippen LogP contribution >= 0.6 is 0 Å². The van der Waals surface area contributed by atoms with Gasteiger partial charge in [0.05, 0.1) is 24.3 Å². The molecule has 0 fully saturated rings. The lowest BCUT2D eigenvalue weighted by Gasteiger charge is -2.12. The lowest BCUT2D eigenvalue weighted by Crippen LogP contribution is -2.20. The predicted octanol–water partition coefficient (Wildman–Crippen LogP) is 6.10. The molecule has 4 rings (SSSR count). The highest BCUT2D eigenvalue weighted by Crippen LogP contribution is 2.31. The van der Waals surface area contributed by atoms with Crippen molar-refractivity contribution in [2.24, 2.45) is 0 Å². The normalized spacial score (nSPS) is 11.7. The van der Waals surface area contributed by atoms with Gasteiger partial charge in [-0.25, -0.2) is 18.6 Å². The summed E-state index contributed by atoms with van der Waals surface area (Å²) in [6.07, 6.45) is -0.455. The molecule has 0 aliphatic rings. The zero-order valence-corrected chi connectivity index (χ0v) is 22.6. The molecule has 0 aliphatic carbocycles.